The first kappa shape index (κ1) is 18.2. The number of likely N-dealkylation sites (tertiary alicyclic amines) is 1. The van der Waals surface area contributed by atoms with Crippen LogP contribution in [0.5, 0.6) is 5.75 Å². The van der Waals surface area contributed by atoms with Crippen LogP contribution in [0.4, 0.5) is 5.13 Å². The quantitative estimate of drug-likeness (QED) is 0.577. The van der Waals surface area contributed by atoms with Crippen LogP contribution in [-0.4, -0.2) is 54.2 Å². The first-order valence-corrected chi connectivity index (χ1v) is 10.4. The van der Waals surface area contributed by atoms with Crippen molar-refractivity contribution in [2.45, 2.75) is 25.3 Å². The number of para-hydroxylation sites is 1. The molecule has 0 saturated carbocycles. The van der Waals surface area contributed by atoms with E-state index in [0.29, 0.717) is 6.04 Å². The van der Waals surface area contributed by atoms with Crippen molar-refractivity contribution in [3.8, 4) is 5.75 Å². The number of hydrogen-bond donors (Lipinski definition) is 0. The van der Waals surface area contributed by atoms with Gasteiger partial charge < -0.3 is 14.5 Å². The fourth-order valence-electron chi connectivity index (χ4n) is 3.61. The summed E-state index contributed by atoms with van der Waals surface area (Å²) in [5.41, 5.74) is 1.11. The number of anilines is 1. The summed E-state index contributed by atoms with van der Waals surface area (Å²) in [6.07, 6.45) is 6.97. The third-order valence-electron chi connectivity index (χ3n) is 5.23. The minimum atomic E-state index is 0.579. The van der Waals surface area contributed by atoms with Crippen LogP contribution < -0.4 is 9.64 Å². The van der Waals surface area contributed by atoms with Crippen LogP contribution in [0.25, 0.3) is 10.2 Å². The Hall–Kier alpha value is -2.18. The van der Waals surface area contributed by atoms with Gasteiger partial charge in [-0.05, 0) is 43.5 Å². The number of pyridine rings is 1. The maximum atomic E-state index is 5.76. The molecule has 2 aromatic heterocycles. The van der Waals surface area contributed by atoms with Crippen molar-refractivity contribution in [2.75, 3.05) is 38.2 Å². The van der Waals surface area contributed by atoms with Crippen LogP contribution in [0.1, 0.15) is 19.3 Å². The highest BCUT2D eigenvalue weighted by Gasteiger charge is 2.24. The van der Waals surface area contributed by atoms with Gasteiger partial charge in [-0.3, -0.25) is 4.98 Å². The molecular weight excluding hydrogens is 356 g/mol. The van der Waals surface area contributed by atoms with Crippen molar-refractivity contribution in [1.82, 2.24) is 14.9 Å². The lowest BCUT2D eigenvalue weighted by Crippen LogP contribution is -2.43. The van der Waals surface area contributed by atoms with Crippen molar-refractivity contribution < 1.29 is 4.74 Å². The van der Waals surface area contributed by atoms with E-state index in [0.717, 1.165) is 49.1 Å². The topological polar surface area (TPSA) is 41.5 Å². The fourth-order valence-corrected chi connectivity index (χ4v) is 4.61. The predicted octanol–water partition coefficient (Wildman–Crippen LogP) is 4.06. The fraction of sp³-hybridized carbons (Fsp3) is 0.429. The van der Waals surface area contributed by atoms with Crippen LogP contribution in [0, 0.1) is 0 Å². The van der Waals surface area contributed by atoms with Crippen molar-refractivity contribution in [2.24, 2.45) is 0 Å². The standard InChI is InChI=1S/C21H26N4OS/c1-24(21-23-19-5-2-3-6-20(19)27-21)17-9-14-25(15-10-17)13-4-16-26-18-7-11-22-12-8-18/h2-3,5-8,11-12,17H,4,9-10,13-16H2,1H3. The monoisotopic (exact) mass is 382 g/mol. The summed E-state index contributed by atoms with van der Waals surface area (Å²) in [6.45, 7) is 4.16. The molecule has 0 unspecified atom stereocenters. The van der Waals surface area contributed by atoms with E-state index < -0.39 is 0 Å². The smallest absolute Gasteiger partial charge is 0.186 e. The molecule has 27 heavy (non-hydrogen) atoms. The number of thiazole rings is 1. The normalized spacial score (nSPS) is 15.9. The largest absolute Gasteiger partial charge is 0.493 e. The van der Waals surface area contributed by atoms with E-state index in [1.165, 1.54) is 17.5 Å². The molecule has 1 aromatic carbocycles. The third-order valence-corrected chi connectivity index (χ3v) is 6.35. The maximum absolute atomic E-state index is 5.76. The minimum absolute atomic E-state index is 0.579. The van der Waals surface area contributed by atoms with E-state index in [4.69, 9.17) is 9.72 Å². The first-order chi connectivity index (χ1) is 13.3. The average molecular weight is 383 g/mol. The van der Waals surface area contributed by atoms with E-state index >= 15 is 0 Å². The zero-order valence-electron chi connectivity index (χ0n) is 15.8. The van der Waals surface area contributed by atoms with Gasteiger partial charge in [-0.15, -0.1) is 0 Å². The molecule has 1 aliphatic heterocycles. The summed E-state index contributed by atoms with van der Waals surface area (Å²) in [7, 11) is 2.20. The Labute approximate surface area is 164 Å². The molecule has 142 valence electrons. The average Bonchev–Trinajstić information content (AvgIpc) is 3.16. The Balaban J connectivity index is 1.21. The van der Waals surface area contributed by atoms with E-state index in [1.54, 1.807) is 23.7 Å². The number of benzene rings is 1. The molecule has 1 aliphatic rings. The summed E-state index contributed by atoms with van der Waals surface area (Å²) in [6, 6.07) is 12.8. The summed E-state index contributed by atoms with van der Waals surface area (Å²) in [5, 5.41) is 1.14. The van der Waals surface area contributed by atoms with Gasteiger partial charge in [0.05, 0.1) is 16.8 Å². The van der Waals surface area contributed by atoms with Crippen LogP contribution in [0.3, 0.4) is 0 Å². The molecule has 0 bridgehead atoms. The van der Waals surface area contributed by atoms with Gasteiger partial charge in [0.1, 0.15) is 5.75 Å². The maximum Gasteiger partial charge on any atom is 0.186 e. The van der Waals surface area contributed by atoms with E-state index in [1.807, 2.05) is 12.1 Å². The Morgan fingerprint density at radius 3 is 2.70 bits per heavy atom. The number of hydrogen-bond acceptors (Lipinski definition) is 6. The summed E-state index contributed by atoms with van der Waals surface area (Å²) >= 11 is 1.79. The van der Waals surface area contributed by atoms with Gasteiger partial charge in [0.15, 0.2) is 5.13 Å². The second kappa shape index (κ2) is 8.67. The zero-order chi connectivity index (χ0) is 18.5. The van der Waals surface area contributed by atoms with Crippen molar-refractivity contribution in [3.05, 3.63) is 48.8 Å². The van der Waals surface area contributed by atoms with Gasteiger partial charge in [0.25, 0.3) is 0 Å². The lowest BCUT2D eigenvalue weighted by Gasteiger charge is -2.36. The predicted molar refractivity (Wildman–Crippen MR) is 112 cm³/mol. The molecule has 0 amide bonds. The SMILES string of the molecule is CN(c1nc2ccccc2s1)C1CCN(CCCOc2ccncc2)CC1. The molecule has 0 aliphatic carbocycles. The molecule has 1 fully saturated rings. The summed E-state index contributed by atoms with van der Waals surface area (Å²) in [4.78, 5) is 13.8. The van der Waals surface area contributed by atoms with E-state index in [9.17, 15) is 0 Å². The van der Waals surface area contributed by atoms with Crippen LogP contribution in [-0.2, 0) is 0 Å². The van der Waals surface area contributed by atoms with Gasteiger partial charge in [-0.2, -0.15) is 0 Å². The lowest BCUT2D eigenvalue weighted by atomic mass is 10.0. The second-order valence-corrected chi connectivity index (χ2v) is 8.04. The first-order valence-electron chi connectivity index (χ1n) is 9.63. The Morgan fingerprint density at radius 2 is 1.93 bits per heavy atom. The number of ether oxygens (including phenoxy) is 1. The van der Waals surface area contributed by atoms with Gasteiger partial charge in [-0.1, -0.05) is 23.5 Å². The number of rotatable bonds is 7. The Kier molecular flexibility index (Phi) is 5.84. The summed E-state index contributed by atoms with van der Waals surface area (Å²) in [5.74, 6) is 0.904. The molecule has 0 radical (unpaired) electrons. The van der Waals surface area contributed by atoms with Crippen LogP contribution >= 0.6 is 11.3 Å². The second-order valence-electron chi connectivity index (χ2n) is 7.03. The van der Waals surface area contributed by atoms with E-state index in [-0.39, 0.29) is 0 Å². The molecule has 6 heteroatoms. The van der Waals surface area contributed by atoms with Gasteiger partial charge in [0, 0.05) is 45.1 Å². The number of nitrogens with zero attached hydrogens (tertiary/aromatic N) is 4. The molecule has 0 atom stereocenters. The van der Waals surface area contributed by atoms with Crippen LogP contribution in [0.2, 0.25) is 0 Å². The molecular formula is C21H26N4OS. The van der Waals surface area contributed by atoms with Gasteiger partial charge in [0.2, 0.25) is 0 Å². The molecule has 5 nitrogen and oxygen atoms in total. The van der Waals surface area contributed by atoms with Gasteiger partial charge >= 0.3 is 0 Å². The molecule has 3 heterocycles. The highest BCUT2D eigenvalue weighted by Crippen LogP contribution is 2.30. The molecule has 0 spiro atoms. The van der Waals surface area contributed by atoms with Gasteiger partial charge in [-0.25, -0.2) is 4.98 Å². The van der Waals surface area contributed by atoms with Crippen molar-refractivity contribution >= 4 is 26.7 Å². The molecule has 0 N–H and O–H groups in total. The molecule has 3 aromatic rings. The Morgan fingerprint density at radius 1 is 1.15 bits per heavy atom. The highest BCUT2D eigenvalue weighted by atomic mass is 32.1. The van der Waals surface area contributed by atoms with Crippen molar-refractivity contribution in [3.63, 3.8) is 0 Å². The molecule has 4 rings (SSSR count). The number of aromatic nitrogens is 2. The zero-order valence-corrected chi connectivity index (χ0v) is 16.6. The highest BCUT2D eigenvalue weighted by molar-refractivity contribution is 7.22. The lowest BCUT2D eigenvalue weighted by molar-refractivity contribution is 0.192. The minimum Gasteiger partial charge on any atom is -0.493 e. The number of fused-ring (bicyclic) bond motifs is 1. The summed E-state index contributed by atoms with van der Waals surface area (Å²) < 4.78 is 7.03. The van der Waals surface area contributed by atoms with Crippen LogP contribution in [0.15, 0.2) is 48.8 Å². The van der Waals surface area contributed by atoms with Crippen molar-refractivity contribution in [1.29, 1.82) is 0 Å². The molecule has 1 saturated heterocycles. The third kappa shape index (κ3) is 4.57. The number of piperidine rings is 1. The van der Waals surface area contributed by atoms with E-state index in [2.05, 4.69) is 46.1 Å². The Bertz CT molecular complexity index is 813.